The topological polar surface area (TPSA) is 139 Å². The lowest BCUT2D eigenvalue weighted by Gasteiger charge is -2.15. The van der Waals surface area contributed by atoms with Crippen molar-refractivity contribution >= 4 is 34.9 Å². The molecule has 0 aromatic rings. The summed E-state index contributed by atoms with van der Waals surface area (Å²) >= 11 is 0. The molecule has 2 N–H and O–H groups in total. The smallest absolute Gasteiger partial charge is 0.321 e. The van der Waals surface area contributed by atoms with E-state index in [0.29, 0.717) is 62.4 Å². The number of ketones is 1. The van der Waals surface area contributed by atoms with Gasteiger partial charge in [0.15, 0.2) is 5.78 Å². The molecule has 1 saturated heterocycles. The van der Waals surface area contributed by atoms with Crippen LogP contribution in [0.2, 0.25) is 0 Å². The van der Waals surface area contributed by atoms with E-state index < -0.39 is 11.9 Å². The van der Waals surface area contributed by atoms with Crippen LogP contribution < -0.4 is 5.32 Å². The summed E-state index contributed by atoms with van der Waals surface area (Å²) in [7, 11) is 1.30. The Kier molecular flexibility index (Phi) is 16.1. The lowest BCUT2D eigenvalue weighted by molar-refractivity contribution is -0.144. The normalized spacial score (nSPS) is 22.1. The second-order valence-electron chi connectivity index (χ2n) is 19.5. The molecule has 5 aliphatic heterocycles. The predicted molar refractivity (Wildman–Crippen MR) is 262 cm³/mol. The quantitative estimate of drug-likeness (QED) is 0.0972. The molecule has 10 heteroatoms. The van der Waals surface area contributed by atoms with Gasteiger partial charge in [0.25, 0.3) is 0 Å². The molecule has 0 spiro atoms. The summed E-state index contributed by atoms with van der Waals surface area (Å²) in [6, 6.07) is 0. The first-order valence-corrected chi connectivity index (χ1v) is 24.0. The maximum Gasteiger partial charge on any atom is 0.321 e. The highest BCUT2D eigenvalue weighted by molar-refractivity contribution is 6.29. The van der Waals surface area contributed by atoms with Gasteiger partial charge in [-0.25, -0.2) is 15.0 Å². The van der Waals surface area contributed by atoms with Crippen molar-refractivity contribution in [2.24, 2.45) is 44.6 Å². The van der Waals surface area contributed by atoms with Gasteiger partial charge in [0.05, 0.1) is 41.3 Å². The van der Waals surface area contributed by atoms with Gasteiger partial charge in [-0.15, -0.1) is 0 Å². The number of carbonyl (C=O) groups excluding carboxylic acids is 3. The number of nitrogens with one attached hydrogen (secondary N) is 1. The van der Waals surface area contributed by atoms with Crippen molar-refractivity contribution in [3.05, 3.63) is 115 Å². The number of fused-ring (bicyclic) bond motifs is 5. The van der Waals surface area contributed by atoms with Gasteiger partial charge in [0.2, 0.25) is 0 Å². The highest BCUT2D eigenvalue weighted by atomic mass is 16.5. The molecule has 1 fully saturated rings. The molecule has 0 radical (unpaired) electrons. The zero-order valence-corrected chi connectivity index (χ0v) is 41.1. The maximum absolute atomic E-state index is 13.6. The highest BCUT2D eigenvalue weighted by Crippen LogP contribution is 2.48. The lowest BCUT2D eigenvalue weighted by Crippen LogP contribution is -2.21. The first-order valence-electron chi connectivity index (χ1n) is 24.0. The fourth-order valence-corrected chi connectivity index (χ4v) is 10.0. The summed E-state index contributed by atoms with van der Waals surface area (Å²) in [5, 5.41) is 15.5. The van der Waals surface area contributed by atoms with Crippen LogP contribution in [0, 0.1) is 29.6 Å². The van der Waals surface area contributed by atoms with E-state index in [1.807, 2.05) is 52.0 Å². The number of hydrogen-bond donors (Lipinski definition) is 2. The van der Waals surface area contributed by atoms with Crippen LogP contribution in [0.5, 0.6) is 0 Å². The third-order valence-electron chi connectivity index (χ3n) is 14.0. The van der Waals surface area contributed by atoms with Crippen LogP contribution in [-0.2, 0) is 23.9 Å². The minimum absolute atomic E-state index is 0.0220. The van der Waals surface area contributed by atoms with Crippen molar-refractivity contribution in [3.8, 4) is 0 Å². The van der Waals surface area contributed by atoms with Crippen LogP contribution in [-0.4, -0.2) is 53.7 Å². The highest BCUT2D eigenvalue weighted by Gasteiger charge is 2.47. The Morgan fingerprint density at radius 1 is 0.846 bits per heavy atom. The molecule has 6 rings (SSSR count). The summed E-state index contributed by atoms with van der Waals surface area (Å²) in [6.07, 6.45) is 21.4. The van der Waals surface area contributed by atoms with Gasteiger partial charge in [0.1, 0.15) is 18.3 Å². The molecule has 348 valence electrons. The Bertz CT molecular complexity index is 2410. The number of rotatable bonds is 19. The number of aliphatic hydroxyl groups excluding tert-OH is 1. The third kappa shape index (κ3) is 10.8. The molecule has 10 nitrogen and oxygen atoms in total. The summed E-state index contributed by atoms with van der Waals surface area (Å²) < 4.78 is 11.0. The lowest BCUT2D eigenvalue weighted by atomic mass is 9.91. The van der Waals surface area contributed by atoms with Crippen molar-refractivity contribution in [1.82, 2.24) is 5.32 Å². The van der Waals surface area contributed by atoms with E-state index >= 15 is 0 Å². The van der Waals surface area contributed by atoms with E-state index in [9.17, 15) is 19.5 Å². The fourth-order valence-electron chi connectivity index (χ4n) is 10.0. The van der Waals surface area contributed by atoms with Crippen molar-refractivity contribution in [2.75, 3.05) is 13.7 Å². The number of ether oxygens (including phenoxy) is 2. The molecule has 0 aromatic heterocycles. The summed E-state index contributed by atoms with van der Waals surface area (Å²) in [5.74, 6) is -0.123. The first-order chi connectivity index (χ1) is 30.9. The Morgan fingerprint density at radius 3 is 2.17 bits per heavy atom. The standard InChI is InChI=1S/C55H72N4O6/c1-13-39-34(7)41-29-46-48(38(11)60)36(9)43(57-46)27-42-35(8)40(52(58-42)50-51(55(63)64-12)54(62)49-37(10)44(59-53(49)50)28-45(39)56-41)23-24-47(61)65-26-25-33(6)22-16-21-32(5)20-15-19-31(4)18-14-17-30(2)3/h13,25,27-32,34,51,56,62H,14-24,26H2,1-12H3/b33-25+,39-13+,41-29?,43-27?,45-28?,52-50?/t31-,32-,34-,51-/m1/s1. The second-order valence-corrected chi connectivity index (χ2v) is 19.5. The fraction of sp³-hybridized carbons (Fsp3) is 0.527. The van der Waals surface area contributed by atoms with Crippen molar-refractivity contribution < 1.29 is 29.0 Å². The van der Waals surface area contributed by atoms with Crippen molar-refractivity contribution in [1.29, 1.82) is 0 Å². The van der Waals surface area contributed by atoms with Gasteiger partial charge in [-0.2, -0.15) is 0 Å². The summed E-state index contributed by atoms with van der Waals surface area (Å²) in [5.41, 5.74) is 11.6. The van der Waals surface area contributed by atoms with Crippen LogP contribution in [0.1, 0.15) is 147 Å². The molecule has 8 bridgehead atoms. The average molecular weight is 885 g/mol. The number of esters is 2. The number of aliphatic hydroxyl groups is 1. The third-order valence-corrected chi connectivity index (χ3v) is 14.0. The summed E-state index contributed by atoms with van der Waals surface area (Å²) in [4.78, 5) is 55.5. The molecule has 5 heterocycles. The number of aliphatic imine (C=N–C) groups is 3. The van der Waals surface area contributed by atoms with Gasteiger partial charge < -0.3 is 19.9 Å². The van der Waals surface area contributed by atoms with Gasteiger partial charge in [-0.05, 0) is 131 Å². The van der Waals surface area contributed by atoms with E-state index in [0.717, 1.165) is 58.4 Å². The molecule has 0 unspecified atom stereocenters. The van der Waals surface area contributed by atoms with Gasteiger partial charge in [-0.3, -0.25) is 14.4 Å². The zero-order valence-electron chi connectivity index (χ0n) is 41.1. The Hall–Kier alpha value is -5.38. The van der Waals surface area contributed by atoms with E-state index in [4.69, 9.17) is 24.5 Å². The number of nitrogens with zero attached hydrogens (tertiary/aromatic N) is 3. The van der Waals surface area contributed by atoms with Crippen LogP contribution in [0.4, 0.5) is 0 Å². The number of allylic oxidation sites excluding steroid dienone is 13. The monoisotopic (exact) mass is 885 g/mol. The van der Waals surface area contributed by atoms with Crippen molar-refractivity contribution in [2.45, 2.75) is 147 Å². The predicted octanol–water partition coefficient (Wildman–Crippen LogP) is 12.3. The van der Waals surface area contributed by atoms with E-state index in [2.05, 4.69) is 52.9 Å². The Morgan fingerprint density at radius 2 is 1.52 bits per heavy atom. The number of methoxy groups -OCH3 is 1. The zero-order chi connectivity index (χ0) is 47.3. The van der Waals surface area contributed by atoms with Gasteiger partial charge >= 0.3 is 11.9 Å². The molecule has 4 atom stereocenters. The number of hydrogen-bond acceptors (Lipinski definition) is 10. The largest absolute Gasteiger partial charge is 0.510 e. The van der Waals surface area contributed by atoms with E-state index in [1.165, 1.54) is 57.6 Å². The molecular weight excluding hydrogens is 813 g/mol. The number of carbonyl (C=O) groups is 3. The van der Waals surface area contributed by atoms with Gasteiger partial charge in [0, 0.05) is 40.5 Å². The average Bonchev–Trinajstić information content (AvgIpc) is 4.00. The van der Waals surface area contributed by atoms with E-state index in [1.54, 1.807) is 6.92 Å². The minimum atomic E-state index is -1.17. The second kappa shape index (κ2) is 21.3. The Balaban J connectivity index is 1.22. The van der Waals surface area contributed by atoms with Crippen LogP contribution in [0.15, 0.2) is 130 Å². The van der Waals surface area contributed by atoms with Gasteiger partial charge in [-0.1, -0.05) is 91.2 Å². The number of Topliss-reactive ketones (excluding diaryl/α,β-unsaturated/α-hetero) is 1. The van der Waals surface area contributed by atoms with Crippen molar-refractivity contribution in [3.63, 3.8) is 0 Å². The molecule has 0 aromatic carbocycles. The van der Waals surface area contributed by atoms with E-state index in [-0.39, 0.29) is 42.9 Å². The maximum atomic E-state index is 13.6. The Labute approximate surface area is 387 Å². The van der Waals surface area contributed by atoms with Crippen LogP contribution >= 0.6 is 0 Å². The van der Waals surface area contributed by atoms with Crippen LogP contribution in [0.25, 0.3) is 0 Å². The minimum Gasteiger partial charge on any atom is -0.510 e. The molecule has 65 heavy (non-hydrogen) atoms. The van der Waals surface area contributed by atoms with Crippen LogP contribution in [0.3, 0.4) is 0 Å². The molecule has 0 saturated carbocycles. The molecule has 1 aliphatic carbocycles. The summed E-state index contributed by atoms with van der Waals surface area (Å²) in [6.45, 7) is 23.0. The SMILES string of the molecule is C/C=C1/C2=CC3=C(C)C4=C(O)[C@H](C(=O)OC)C(=C5N=C(C=C6N=C(C=C(N2)[C@@H]1C)C(C(C)=O)=C6C)C(C)=C5CCC(=O)OC/C=C(\C)CCC[C@H](C)CCC[C@H](C)CCCC(C)C)C4=N3. The molecular formula is C55H72N4O6. The first kappa shape index (κ1) is 49.1. The molecule has 0 amide bonds. The molecule has 6 aliphatic rings.